The van der Waals surface area contributed by atoms with Crippen LogP contribution >= 0.6 is 11.6 Å². The van der Waals surface area contributed by atoms with Crippen molar-refractivity contribution in [3.05, 3.63) is 47.6 Å². The number of pyridine rings is 2. The van der Waals surface area contributed by atoms with Crippen molar-refractivity contribution in [2.24, 2.45) is 0 Å². The van der Waals surface area contributed by atoms with Crippen molar-refractivity contribution >= 4 is 11.6 Å². The standard InChI is InChI=1S/C10H6ClFN2/c11-10-3-1-2-9(14-10)7-4-5-13-6-8(7)12/h1-6H. The lowest BCUT2D eigenvalue weighted by atomic mass is 10.2. The maximum atomic E-state index is 13.3. The van der Waals surface area contributed by atoms with Gasteiger partial charge in [0.1, 0.15) is 5.15 Å². The normalized spacial score (nSPS) is 10.1. The second-order valence-electron chi connectivity index (χ2n) is 2.70. The van der Waals surface area contributed by atoms with E-state index in [0.29, 0.717) is 16.4 Å². The Morgan fingerprint density at radius 2 is 2.07 bits per heavy atom. The van der Waals surface area contributed by atoms with Gasteiger partial charge in [-0.05, 0) is 18.2 Å². The number of hydrogen-bond acceptors (Lipinski definition) is 2. The summed E-state index contributed by atoms with van der Waals surface area (Å²) in [5, 5.41) is 0.346. The lowest BCUT2D eigenvalue weighted by Gasteiger charge is -2.01. The van der Waals surface area contributed by atoms with E-state index in [-0.39, 0.29) is 0 Å². The Morgan fingerprint density at radius 1 is 1.21 bits per heavy atom. The molecular weight excluding hydrogens is 203 g/mol. The molecule has 0 aromatic carbocycles. The number of nitrogens with zero attached hydrogens (tertiary/aromatic N) is 2. The molecule has 0 bridgehead atoms. The second-order valence-corrected chi connectivity index (χ2v) is 3.09. The fourth-order valence-corrected chi connectivity index (χ4v) is 1.30. The van der Waals surface area contributed by atoms with Gasteiger partial charge in [-0.2, -0.15) is 0 Å². The fraction of sp³-hybridized carbons (Fsp3) is 0. The summed E-state index contributed by atoms with van der Waals surface area (Å²) >= 11 is 5.70. The Kier molecular flexibility index (Phi) is 2.41. The SMILES string of the molecule is Fc1cnccc1-c1cccc(Cl)n1. The molecule has 0 atom stereocenters. The monoisotopic (exact) mass is 208 g/mol. The maximum absolute atomic E-state index is 13.3. The van der Waals surface area contributed by atoms with Gasteiger partial charge in [-0.25, -0.2) is 9.37 Å². The highest BCUT2D eigenvalue weighted by Gasteiger charge is 2.05. The van der Waals surface area contributed by atoms with Crippen LogP contribution < -0.4 is 0 Å². The first-order valence-electron chi connectivity index (χ1n) is 4.00. The molecule has 0 aliphatic carbocycles. The van der Waals surface area contributed by atoms with Gasteiger partial charge >= 0.3 is 0 Å². The molecule has 0 saturated heterocycles. The molecule has 0 unspecified atom stereocenters. The zero-order chi connectivity index (χ0) is 9.97. The van der Waals surface area contributed by atoms with Crippen molar-refractivity contribution in [2.75, 3.05) is 0 Å². The van der Waals surface area contributed by atoms with Crippen molar-refractivity contribution in [3.63, 3.8) is 0 Å². The number of aromatic nitrogens is 2. The molecule has 2 nitrogen and oxygen atoms in total. The third-order valence-corrected chi connectivity index (χ3v) is 1.97. The summed E-state index contributed by atoms with van der Waals surface area (Å²) < 4.78 is 13.3. The van der Waals surface area contributed by atoms with Gasteiger partial charge < -0.3 is 0 Å². The minimum atomic E-state index is -0.401. The van der Waals surface area contributed by atoms with Crippen molar-refractivity contribution < 1.29 is 4.39 Å². The van der Waals surface area contributed by atoms with Crippen LogP contribution in [-0.4, -0.2) is 9.97 Å². The minimum absolute atomic E-state index is 0.346. The van der Waals surface area contributed by atoms with Crippen molar-refractivity contribution in [1.82, 2.24) is 9.97 Å². The summed E-state index contributed by atoms with van der Waals surface area (Å²) in [5.74, 6) is -0.401. The van der Waals surface area contributed by atoms with E-state index in [0.717, 1.165) is 6.20 Å². The Morgan fingerprint density at radius 3 is 2.79 bits per heavy atom. The summed E-state index contributed by atoms with van der Waals surface area (Å²) in [5.41, 5.74) is 0.917. The van der Waals surface area contributed by atoms with Crippen LogP contribution in [-0.2, 0) is 0 Å². The van der Waals surface area contributed by atoms with Gasteiger partial charge in [-0.3, -0.25) is 4.98 Å². The summed E-state index contributed by atoms with van der Waals surface area (Å²) in [6.45, 7) is 0. The molecule has 0 N–H and O–H groups in total. The molecule has 2 aromatic rings. The molecule has 14 heavy (non-hydrogen) atoms. The molecular formula is C10H6ClFN2. The largest absolute Gasteiger partial charge is 0.262 e. The first-order valence-corrected chi connectivity index (χ1v) is 4.37. The Bertz CT molecular complexity index is 459. The van der Waals surface area contributed by atoms with Crippen molar-refractivity contribution in [1.29, 1.82) is 0 Å². The zero-order valence-electron chi connectivity index (χ0n) is 7.11. The van der Waals surface area contributed by atoms with Crippen molar-refractivity contribution in [2.45, 2.75) is 0 Å². The van der Waals surface area contributed by atoms with Crippen LogP contribution in [0.25, 0.3) is 11.3 Å². The van der Waals surface area contributed by atoms with Crippen LogP contribution in [0, 0.1) is 5.82 Å². The van der Waals surface area contributed by atoms with Crippen LogP contribution in [0.3, 0.4) is 0 Å². The quantitative estimate of drug-likeness (QED) is 0.674. The van der Waals surface area contributed by atoms with Gasteiger partial charge in [0.05, 0.1) is 11.9 Å². The van der Waals surface area contributed by atoms with Gasteiger partial charge in [0, 0.05) is 11.8 Å². The highest BCUT2D eigenvalue weighted by molar-refractivity contribution is 6.29. The molecule has 2 rings (SSSR count). The molecule has 0 amide bonds. The zero-order valence-corrected chi connectivity index (χ0v) is 7.87. The minimum Gasteiger partial charge on any atom is -0.262 e. The van der Waals surface area contributed by atoms with Gasteiger partial charge in [-0.15, -0.1) is 0 Å². The first-order chi connectivity index (χ1) is 6.77. The van der Waals surface area contributed by atoms with E-state index in [2.05, 4.69) is 9.97 Å². The highest BCUT2D eigenvalue weighted by Crippen LogP contribution is 2.20. The molecule has 0 radical (unpaired) electrons. The summed E-state index contributed by atoms with van der Waals surface area (Å²) in [4.78, 5) is 7.66. The average Bonchev–Trinajstić information content (AvgIpc) is 2.18. The molecule has 2 heterocycles. The van der Waals surface area contributed by atoms with Crippen LogP contribution in [0.4, 0.5) is 4.39 Å². The molecule has 4 heteroatoms. The highest BCUT2D eigenvalue weighted by atomic mass is 35.5. The summed E-state index contributed by atoms with van der Waals surface area (Å²) in [6.07, 6.45) is 2.67. The Hall–Kier alpha value is -1.48. The Balaban J connectivity index is 2.55. The van der Waals surface area contributed by atoms with E-state index < -0.39 is 5.82 Å². The number of halogens is 2. The lowest BCUT2D eigenvalue weighted by Crippen LogP contribution is -1.88. The van der Waals surface area contributed by atoms with Gasteiger partial charge in [-0.1, -0.05) is 17.7 Å². The van der Waals surface area contributed by atoms with E-state index in [1.165, 1.54) is 6.20 Å². The Labute approximate surface area is 85.4 Å². The molecule has 0 aliphatic rings. The van der Waals surface area contributed by atoms with Crippen molar-refractivity contribution in [3.8, 4) is 11.3 Å². The summed E-state index contributed by atoms with van der Waals surface area (Å²) in [7, 11) is 0. The lowest BCUT2D eigenvalue weighted by molar-refractivity contribution is 0.624. The third kappa shape index (κ3) is 1.72. The van der Waals surface area contributed by atoms with Gasteiger partial charge in [0.15, 0.2) is 5.82 Å². The summed E-state index contributed by atoms with van der Waals surface area (Å²) in [6, 6.07) is 6.63. The first kappa shape index (κ1) is 9.09. The molecule has 0 spiro atoms. The van der Waals surface area contributed by atoms with Gasteiger partial charge in [0.2, 0.25) is 0 Å². The average molecular weight is 209 g/mol. The van der Waals surface area contributed by atoms with E-state index in [1.54, 1.807) is 24.3 Å². The number of rotatable bonds is 1. The van der Waals surface area contributed by atoms with E-state index in [1.807, 2.05) is 0 Å². The molecule has 2 aromatic heterocycles. The fourth-order valence-electron chi connectivity index (χ4n) is 1.14. The van der Waals surface area contributed by atoms with E-state index in [4.69, 9.17) is 11.6 Å². The predicted molar refractivity (Wildman–Crippen MR) is 52.4 cm³/mol. The van der Waals surface area contributed by atoms with Crippen LogP contribution in [0.2, 0.25) is 5.15 Å². The van der Waals surface area contributed by atoms with Crippen LogP contribution in [0.1, 0.15) is 0 Å². The predicted octanol–water partition coefficient (Wildman–Crippen LogP) is 2.94. The van der Waals surface area contributed by atoms with E-state index in [9.17, 15) is 4.39 Å². The van der Waals surface area contributed by atoms with Crippen LogP contribution in [0.15, 0.2) is 36.7 Å². The molecule has 70 valence electrons. The van der Waals surface area contributed by atoms with E-state index >= 15 is 0 Å². The van der Waals surface area contributed by atoms with Crippen LogP contribution in [0.5, 0.6) is 0 Å². The second kappa shape index (κ2) is 3.72. The molecule has 0 aliphatic heterocycles. The number of hydrogen-bond donors (Lipinski definition) is 0. The molecule has 0 fully saturated rings. The maximum Gasteiger partial charge on any atom is 0.150 e. The molecule has 0 saturated carbocycles. The topological polar surface area (TPSA) is 25.8 Å². The third-order valence-electron chi connectivity index (χ3n) is 1.76. The smallest absolute Gasteiger partial charge is 0.150 e. The van der Waals surface area contributed by atoms with Gasteiger partial charge in [0.25, 0.3) is 0 Å².